The van der Waals surface area contributed by atoms with Gasteiger partial charge in [-0.05, 0) is 55.1 Å². The monoisotopic (exact) mass is 595 g/mol. The molecule has 9 nitrogen and oxygen atoms in total. The Hall–Kier alpha value is -2.70. The largest absolute Gasteiger partial charge is 1.00 e. The van der Waals surface area contributed by atoms with Crippen LogP contribution < -0.4 is 44.7 Å². The number of halogens is 2. The van der Waals surface area contributed by atoms with E-state index in [1.54, 1.807) is 49.4 Å². The molecular weight excluding hydrogens is 576 g/mol. The summed E-state index contributed by atoms with van der Waals surface area (Å²) >= 11 is 12.2. The Balaban J connectivity index is 0.00000420. The number of hydrogen-bond acceptors (Lipinski definition) is 7. The summed E-state index contributed by atoms with van der Waals surface area (Å²) in [7, 11) is -4.62. The van der Waals surface area contributed by atoms with Crippen LogP contribution in [0.2, 0.25) is 10.0 Å². The molecule has 4 rings (SSSR count). The molecule has 0 aliphatic heterocycles. The quantitative estimate of drug-likeness (QED) is 0.189. The van der Waals surface area contributed by atoms with Crippen molar-refractivity contribution in [3.63, 3.8) is 0 Å². The van der Waals surface area contributed by atoms with Gasteiger partial charge in [0.15, 0.2) is 0 Å². The molecule has 0 aromatic heterocycles. The van der Waals surface area contributed by atoms with Crippen molar-refractivity contribution in [2.45, 2.75) is 18.7 Å². The van der Waals surface area contributed by atoms with Crippen molar-refractivity contribution in [1.82, 2.24) is 0 Å². The van der Waals surface area contributed by atoms with E-state index < -0.39 is 26.7 Å². The van der Waals surface area contributed by atoms with Crippen molar-refractivity contribution in [1.29, 1.82) is 0 Å². The molecule has 0 saturated heterocycles. The minimum Gasteiger partial charge on any atom is -0.870 e. The van der Waals surface area contributed by atoms with E-state index in [1.807, 2.05) is 6.92 Å². The summed E-state index contributed by atoms with van der Waals surface area (Å²) < 4.78 is 38.1. The fourth-order valence-corrected chi connectivity index (χ4v) is 4.97. The second-order valence-electron chi connectivity index (χ2n) is 8.10. The SMILES string of the molecule is CCOc1ccc(NC(=O)c2cc3ccccc3c(N=Nc3cc(S(=O)(=O)O)c(Cl)cc3C)c2[O-])c(Cl)c1.[Na+]. The topological polar surface area (TPSA) is 140 Å². The van der Waals surface area contributed by atoms with Crippen LogP contribution in [0.25, 0.3) is 10.8 Å². The second kappa shape index (κ2) is 12.6. The molecule has 39 heavy (non-hydrogen) atoms. The number of rotatable bonds is 7. The van der Waals surface area contributed by atoms with Crippen LogP contribution in [-0.4, -0.2) is 25.5 Å². The first-order chi connectivity index (χ1) is 18.0. The number of aryl methyl sites for hydroxylation is 1. The Kier molecular flexibility index (Phi) is 10.0. The molecule has 0 bridgehead atoms. The summed E-state index contributed by atoms with van der Waals surface area (Å²) in [5, 5.41) is 25.2. The van der Waals surface area contributed by atoms with Crippen LogP contribution in [0, 0.1) is 6.92 Å². The van der Waals surface area contributed by atoms with Crippen molar-refractivity contribution in [3.8, 4) is 11.5 Å². The molecule has 4 aromatic carbocycles. The second-order valence-corrected chi connectivity index (χ2v) is 10.3. The fourth-order valence-electron chi connectivity index (χ4n) is 3.67. The molecule has 0 radical (unpaired) electrons. The zero-order valence-corrected chi connectivity index (χ0v) is 25.4. The van der Waals surface area contributed by atoms with Gasteiger partial charge in [0, 0.05) is 17.0 Å². The number of anilines is 1. The van der Waals surface area contributed by atoms with Crippen molar-refractivity contribution in [3.05, 3.63) is 81.8 Å². The molecular formula is C26H20Cl2N3NaO6S. The summed E-state index contributed by atoms with van der Waals surface area (Å²) in [5.74, 6) is -0.878. The Morgan fingerprint density at radius 3 is 2.44 bits per heavy atom. The van der Waals surface area contributed by atoms with Crippen LogP contribution in [0.4, 0.5) is 17.1 Å². The van der Waals surface area contributed by atoms with E-state index in [0.29, 0.717) is 28.7 Å². The summed E-state index contributed by atoms with van der Waals surface area (Å²) in [6.07, 6.45) is 0. The van der Waals surface area contributed by atoms with E-state index in [4.69, 9.17) is 27.9 Å². The summed E-state index contributed by atoms with van der Waals surface area (Å²) in [4.78, 5) is 12.6. The molecule has 0 spiro atoms. The number of hydrogen-bond donors (Lipinski definition) is 2. The predicted molar refractivity (Wildman–Crippen MR) is 144 cm³/mol. The number of ether oxygens (including phenoxy) is 1. The van der Waals surface area contributed by atoms with Crippen molar-refractivity contribution >= 4 is 67.1 Å². The molecule has 0 aliphatic carbocycles. The van der Waals surface area contributed by atoms with Crippen LogP contribution >= 0.6 is 23.2 Å². The van der Waals surface area contributed by atoms with Gasteiger partial charge in [0.25, 0.3) is 16.0 Å². The van der Waals surface area contributed by atoms with Gasteiger partial charge in [-0.3, -0.25) is 9.35 Å². The molecule has 4 aromatic rings. The van der Waals surface area contributed by atoms with Gasteiger partial charge in [0.05, 0.1) is 33.7 Å². The number of nitrogens with one attached hydrogen (secondary N) is 1. The zero-order valence-electron chi connectivity index (χ0n) is 21.0. The number of carbonyl (C=O) groups is 1. The molecule has 0 atom stereocenters. The van der Waals surface area contributed by atoms with Crippen LogP contribution in [0.15, 0.2) is 75.8 Å². The first-order valence-corrected chi connectivity index (χ1v) is 13.3. The average molecular weight is 596 g/mol. The van der Waals surface area contributed by atoms with Gasteiger partial charge in [-0.25, -0.2) is 0 Å². The van der Waals surface area contributed by atoms with Crippen molar-refractivity contribution in [2.75, 3.05) is 11.9 Å². The van der Waals surface area contributed by atoms with Gasteiger partial charge in [0.2, 0.25) is 0 Å². The molecule has 2 N–H and O–H groups in total. The van der Waals surface area contributed by atoms with E-state index in [2.05, 4.69) is 15.5 Å². The van der Waals surface area contributed by atoms with E-state index in [1.165, 1.54) is 12.1 Å². The molecule has 196 valence electrons. The summed E-state index contributed by atoms with van der Waals surface area (Å²) in [6.45, 7) is 3.88. The summed E-state index contributed by atoms with van der Waals surface area (Å²) in [6, 6.07) is 15.3. The average Bonchev–Trinajstić information content (AvgIpc) is 2.85. The number of fused-ring (bicyclic) bond motifs is 1. The molecule has 1 amide bonds. The maximum Gasteiger partial charge on any atom is 1.00 e. The number of azo groups is 1. The Bertz CT molecular complexity index is 1710. The van der Waals surface area contributed by atoms with Crippen LogP contribution in [0.5, 0.6) is 11.5 Å². The number of carbonyl (C=O) groups excluding carboxylic acids is 1. The number of amides is 1. The maximum atomic E-state index is 13.4. The Morgan fingerprint density at radius 2 is 1.77 bits per heavy atom. The van der Waals surface area contributed by atoms with Crippen LogP contribution in [0.3, 0.4) is 0 Å². The minimum absolute atomic E-state index is 0. The van der Waals surface area contributed by atoms with Gasteiger partial charge in [-0.2, -0.15) is 18.6 Å². The Labute approximate surface area is 256 Å². The van der Waals surface area contributed by atoms with E-state index in [-0.39, 0.29) is 62.2 Å². The van der Waals surface area contributed by atoms with Crippen molar-refractivity contribution < 1.29 is 57.2 Å². The maximum absolute atomic E-state index is 13.4. The molecule has 0 heterocycles. The summed E-state index contributed by atoms with van der Waals surface area (Å²) in [5.41, 5.74) is 0.455. The first kappa shape index (κ1) is 30.8. The van der Waals surface area contributed by atoms with Gasteiger partial charge in [-0.15, -0.1) is 0 Å². The van der Waals surface area contributed by atoms with Gasteiger partial charge >= 0.3 is 29.6 Å². The smallest absolute Gasteiger partial charge is 0.870 e. The normalized spacial score (nSPS) is 11.4. The molecule has 0 saturated carbocycles. The standard InChI is InChI=1S/C26H21Cl2N3O6S.Na/c1-3-37-16-8-9-21(19(27)12-16)29-26(33)18-11-15-6-4-5-7-17(15)24(25(18)32)31-30-22-13-23(38(34,35)36)20(28)10-14(22)2;/h4-13,32H,3H2,1-2H3,(H,29,33)(H,34,35,36);/q;+1/p-1. The van der Waals surface area contributed by atoms with Gasteiger partial charge in [0.1, 0.15) is 10.6 Å². The molecule has 0 fully saturated rings. The molecule has 13 heteroatoms. The number of benzene rings is 4. The van der Waals surface area contributed by atoms with Crippen LogP contribution in [0.1, 0.15) is 22.8 Å². The Morgan fingerprint density at radius 1 is 1.05 bits per heavy atom. The predicted octanol–water partition coefficient (Wildman–Crippen LogP) is 3.85. The van der Waals surface area contributed by atoms with E-state index in [9.17, 15) is 22.9 Å². The fraction of sp³-hybridized carbons (Fsp3) is 0.115. The molecule has 0 unspecified atom stereocenters. The van der Waals surface area contributed by atoms with Crippen molar-refractivity contribution in [2.24, 2.45) is 10.2 Å². The van der Waals surface area contributed by atoms with E-state index in [0.717, 1.165) is 6.07 Å². The minimum atomic E-state index is -4.62. The third-order valence-electron chi connectivity index (χ3n) is 5.51. The van der Waals surface area contributed by atoms with Crippen LogP contribution in [-0.2, 0) is 10.1 Å². The third kappa shape index (κ3) is 6.90. The van der Waals surface area contributed by atoms with E-state index >= 15 is 0 Å². The van der Waals surface area contributed by atoms with Gasteiger partial charge in [-0.1, -0.05) is 53.2 Å². The molecule has 0 aliphatic rings. The number of nitrogens with zero attached hydrogens (tertiary/aromatic N) is 2. The third-order valence-corrected chi connectivity index (χ3v) is 7.14. The van der Waals surface area contributed by atoms with Gasteiger partial charge < -0.3 is 15.2 Å². The first-order valence-electron chi connectivity index (χ1n) is 11.2. The zero-order chi connectivity index (χ0) is 27.6.